The van der Waals surface area contributed by atoms with Crippen LogP contribution in [-0.4, -0.2) is 24.7 Å². The summed E-state index contributed by atoms with van der Waals surface area (Å²) in [5.74, 6) is -3.07. The number of cyclic esters (lactones) is 2. The second kappa shape index (κ2) is 1.89. The van der Waals surface area contributed by atoms with Gasteiger partial charge < -0.3 is 9.47 Å². The van der Waals surface area contributed by atoms with Gasteiger partial charge in [-0.25, -0.2) is 9.59 Å². The minimum atomic E-state index is -4.10. The molecule has 1 rings (SSSR count). The normalized spacial score (nSPS) is 23.4. The predicted octanol–water partition coefficient (Wildman–Crippen LogP) is -0.321. The third-order valence-corrected chi connectivity index (χ3v) is 0.801. The largest absolute Gasteiger partial charge is 0.504 e. The molecule has 1 aliphatic heterocycles. The molecule has 0 radical (unpaired) electrons. The molecule has 0 aliphatic carbocycles. The van der Waals surface area contributed by atoms with E-state index in [1.54, 1.807) is 0 Å². The van der Waals surface area contributed by atoms with Crippen molar-refractivity contribution in [3.63, 3.8) is 0 Å². The summed E-state index contributed by atoms with van der Waals surface area (Å²) >= 11 is 0. The molecule has 0 saturated carbocycles. The van der Waals surface area contributed by atoms with Crippen LogP contribution >= 0.6 is 0 Å². The molecule has 0 aromatic rings. The fourth-order valence-electron chi connectivity index (χ4n) is 0.423. The number of hydrogen-bond acceptors (Lipinski definition) is 4. The topological polar surface area (TPSA) is 52.6 Å². The summed E-state index contributed by atoms with van der Waals surface area (Å²) in [7, 11) is 0. The first-order valence-corrected chi connectivity index (χ1v) is 2.29. The van der Waals surface area contributed by atoms with Crippen LogP contribution in [0.1, 0.15) is 0 Å². The molecule has 1 heterocycles. The maximum absolute atomic E-state index is 11.9. The Morgan fingerprint density at radius 2 is 2.00 bits per heavy atom. The Morgan fingerprint density at radius 3 is 2.40 bits per heavy atom. The lowest BCUT2D eigenvalue weighted by Gasteiger charge is -2.18. The summed E-state index contributed by atoms with van der Waals surface area (Å²) in [6.07, 6.45) is -4.10. The fourth-order valence-corrected chi connectivity index (χ4v) is 0.423. The van der Waals surface area contributed by atoms with Gasteiger partial charge in [0.05, 0.1) is 0 Å². The summed E-state index contributed by atoms with van der Waals surface area (Å²) in [4.78, 5) is 20.1. The molecule has 0 unspecified atom stereocenters. The van der Waals surface area contributed by atoms with Gasteiger partial charge in [-0.3, -0.25) is 0 Å². The molecule has 56 valence electrons. The number of halogens is 2. The van der Waals surface area contributed by atoms with Crippen LogP contribution in [0.5, 0.6) is 0 Å². The van der Waals surface area contributed by atoms with E-state index in [2.05, 4.69) is 9.47 Å². The quantitative estimate of drug-likeness (QED) is 0.446. The van der Waals surface area contributed by atoms with Gasteiger partial charge in [-0.05, 0) is 0 Å². The molecule has 6 heteroatoms. The first-order chi connectivity index (χ1) is 4.52. The van der Waals surface area contributed by atoms with E-state index in [4.69, 9.17) is 0 Å². The molecule has 10 heavy (non-hydrogen) atoms. The minimum Gasteiger partial charge on any atom is -0.446 e. The zero-order valence-corrected chi connectivity index (χ0v) is 4.60. The van der Waals surface area contributed by atoms with Gasteiger partial charge in [-0.15, -0.1) is 0 Å². The smallest absolute Gasteiger partial charge is 0.446 e. The van der Waals surface area contributed by atoms with Gasteiger partial charge >= 0.3 is 18.0 Å². The van der Waals surface area contributed by atoms with Gasteiger partial charge in [-0.2, -0.15) is 8.78 Å². The number of alkyl halides is 2. The number of ether oxygens (including phenoxy) is 2. The van der Waals surface area contributed by atoms with Crippen LogP contribution in [0.25, 0.3) is 0 Å². The summed E-state index contributed by atoms with van der Waals surface area (Å²) in [6, 6.07) is 0. The number of hydrogen-bond donors (Lipinski definition) is 0. The van der Waals surface area contributed by atoms with Crippen molar-refractivity contribution < 1.29 is 27.8 Å². The van der Waals surface area contributed by atoms with Gasteiger partial charge in [0.1, 0.15) is 0 Å². The van der Waals surface area contributed by atoms with Crippen molar-refractivity contribution in [2.75, 3.05) is 6.61 Å². The van der Waals surface area contributed by atoms with E-state index in [1.807, 2.05) is 0 Å². The summed E-state index contributed by atoms with van der Waals surface area (Å²) in [5, 5.41) is 0. The van der Waals surface area contributed by atoms with Crippen LogP contribution in [0, 0.1) is 0 Å². The lowest BCUT2D eigenvalue weighted by Crippen LogP contribution is -2.43. The Balaban J connectivity index is 2.73. The summed E-state index contributed by atoms with van der Waals surface area (Å²) in [5.41, 5.74) is 0. The van der Waals surface area contributed by atoms with Gasteiger partial charge in [0.25, 0.3) is 0 Å². The van der Waals surface area contributed by atoms with Crippen molar-refractivity contribution in [3.8, 4) is 0 Å². The predicted molar refractivity (Wildman–Crippen MR) is 22.0 cm³/mol. The van der Waals surface area contributed by atoms with E-state index in [0.717, 1.165) is 0 Å². The molecule has 0 aromatic heterocycles. The van der Waals surface area contributed by atoms with Crippen molar-refractivity contribution in [1.29, 1.82) is 0 Å². The number of carbonyl (C=O) groups is 2. The standard InChI is InChI=1S/C4H2F2O4/c5-4(6)3(8)9-1-2(7)10-4/h1H2. The monoisotopic (exact) mass is 152 g/mol. The molecule has 0 spiro atoms. The number of rotatable bonds is 0. The number of carbonyl (C=O) groups excluding carboxylic acids is 2. The van der Waals surface area contributed by atoms with Crippen LogP contribution in [0.15, 0.2) is 0 Å². The average molecular weight is 152 g/mol. The lowest BCUT2D eigenvalue weighted by molar-refractivity contribution is -0.260. The Bertz CT molecular complexity index is 188. The van der Waals surface area contributed by atoms with Crippen molar-refractivity contribution in [1.82, 2.24) is 0 Å². The Labute approximate surface area is 53.7 Å². The maximum atomic E-state index is 11.9. The molecule has 0 aromatic carbocycles. The van der Waals surface area contributed by atoms with Crippen LogP contribution < -0.4 is 0 Å². The van der Waals surface area contributed by atoms with E-state index in [0.29, 0.717) is 0 Å². The van der Waals surface area contributed by atoms with Crippen LogP contribution in [0.2, 0.25) is 0 Å². The molecular formula is C4H2F2O4. The fraction of sp³-hybridized carbons (Fsp3) is 0.500. The third kappa shape index (κ3) is 1.04. The van der Waals surface area contributed by atoms with E-state index in [1.165, 1.54) is 0 Å². The van der Waals surface area contributed by atoms with E-state index >= 15 is 0 Å². The van der Waals surface area contributed by atoms with Crippen LogP contribution in [-0.2, 0) is 19.1 Å². The molecule has 1 aliphatic rings. The van der Waals surface area contributed by atoms with Gasteiger partial charge in [0.2, 0.25) is 0 Å². The molecule has 0 N–H and O–H groups in total. The lowest BCUT2D eigenvalue weighted by atomic mass is 10.5. The highest BCUT2D eigenvalue weighted by atomic mass is 19.3. The zero-order chi connectivity index (χ0) is 7.78. The number of esters is 2. The second-order valence-electron chi connectivity index (χ2n) is 1.57. The van der Waals surface area contributed by atoms with Crippen LogP contribution in [0.4, 0.5) is 8.78 Å². The second-order valence-corrected chi connectivity index (χ2v) is 1.57. The van der Waals surface area contributed by atoms with Gasteiger partial charge in [0.15, 0.2) is 6.61 Å². The molecule has 4 nitrogen and oxygen atoms in total. The Morgan fingerprint density at radius 1 is 1.40 bits per heavy atom. The van der Waals surface area contributed by atoms with Gasteiger partial charge in [0, 0.05) is 0 Å². The molecule has 1 saturated heterocycles. The van der Waals surface area contributed by atoms with Crippen molar-refractivity contribution in [2.24, 2.45) is 0 Å². The maximum Gasteiger partial charge on any atom is 0.504 e. The Kier molecular flexibility index (Phi) is 1.31. The van der Waals surface area contributed by atoms with E-state index in [9.17, 15) is 18.4 Å². The van der Waals surface area contributed by atoms with Crippen molar-refractivity contribution in [3.05, 3.63) is 0 Å². The molecule has 0 atom stereocenters. The Hall–Kier alpha value is -1.20. The summed E-state index contributed by atoms with van der Waals surface area (Å²) in [6.45, 7) is -0.742. The van der Waals surface area contributed by atoms with E-state index < -0.39 is 24.7 Å². The molecular weight excluding hydrogens is 150 g/mol. The SMILES string of the molecule is O=C1COC(=O)C(F)(F)O1. The highest BCUT2D eigenvalue weighted by Crippen LogP contribution is 2.20. The average Bonchev–Trinajstić information content (AvgIpc) is 1.78. The van der Waals surface area contributed by atoms with Crippen LogP contribution in [0.3, 0.4) is 0 Å². The van der Waals surface area contributed by atoms with Crippen molar-refractivity contribution >= 4 is 11.9 Å². The molecule has 0 amide bonds. The highest BCUT2D eigenvalue weighted by Gasteiger charge is 2.49. The van der Waals surface area contributed by atoms with E-state index in [-0.39, 0.29) is 0 Å². The van der Waals surface area contributed by atoms with Crippen molar-refractivity contribution in [2.45, 2.75) is 6.11 Å². The molecule has 1 fully saturated rings. The third-order valence-electron chi connectivity index (χ3n) is 0.801. The highest BCUT2D eigenvalue weighted by molar-refractivity contribution is 5.86. The zero-order valence-electron chi connectivity index (χ0n) is 4.60. The molecule has 0 bridgehead atoms. The van der Waals surface area contributed by atoms with Gasteiger partial charge in [-0.1, -0.05) is 0 Å². The minimum absolute atomic E-state index is 0.742. The summed E-state index contributed by atoms with van der Waals surface area (Å²) < 4.78 is 30.9. The first-order valence-electron chi connectivity index (χ1n) is 2.29. The first kappa shape index (κ1) is 6.91.